The molecule has 0 aliphatic carbocycles. The molecule has 0 saturated carbocycles. The number of esters is 1. The topological polar surface area (TPSA) is 79.7 Å². The molecule has 1 aromatic carbocycles. The second-order valence-corrected chi connectivity index (χ2v) is 8.81. The van der Waals surface area contributed by atoms with Crippen molar-refractivity contribution in [2.45, 2.75) is 58.7 Å². The van der Waals surface area contributed by atoms with Gasteiger partial charge in [0.2, 0.25) is 5.91 Å². The highest BCUT2D eigenvalue weighted by Crippen LogP contribution is 2.50. The van der Waals surface area contributed by atoms with Crippen molar-refractivity contribution < 1.29 is 19.4 Å². The number of aliphatic hydroxyl groups is 1. The van der Waals surface area contributed by atoms with Crippen LogP contribution in [-0.4, -0.2) is 39.1 Å². The van der Waals surface area contributed by atoms with Gasteiger partial charge >= 0.3 is 5.97 Å². The van der Waals surface area contributed by atoms with Crippen molar-refractivity contribution in [3.8, 4) is 0 Å². The lowest BCUT2D eigenvalue weighted by Crippen LogP contribution is -2.61. The third kappa shape index (κ3) is 2.29. The van der Waals surface area contributed by atoms with Crippen LogP contribution in [0.3, 0.4) is 0 Å². The van der Waals surface area contributed by atoms with Crippen LogP contribution in [0.2, 0.25) is 0 Å². The average Bonchev–Trinajstić information content (AvgIpc) is 3.08. The lowest BCUT2D eigenvalue weighted by molar-refractivity contribution is -0.202. The van der Waals surface area contributed by atoms with Crippen LogP contribution in [0, 0.1) is 32.6 Å². The minimum atomic E-state index is -1.60. The number of ether oxygens (including phenoxy) is 1. The van der Waals surface area contributed by atoms with Gasteiger partial charge < -0.3 is 14.7 Å². The normalized spacial score (nSPS) is 30.8. The van der Waals surface area contributed by atoms with E-state index in [1.165, 1.54) is 16.7 Å². The molecule has 0 radical (unpaired) electrons. The fraction of sp³-hybridized carbons (Fsp3) is 0.522. The Morgan fingerprint density at radius 1 is 1.24 bits per heavy atom. The second-order valence-electron chi connectivity index (χ2n) is 8.81. The summed E-state index contributed by atoms with van der Waals surface area (Å²) in [6.07, 6.45) is 0.772. The number of cyclic esters (lactones) is 1. The van der Waals surface area contributed by atoms with Gasteiger partial charge in [-0.25, -0.2) is 4.79 Å². The number of fused-ring (bicyclic) bond motifs is 5. The molecule has 0 spiro atoms. The van der Waals surface area contributed by atoms with Crippen LogP contribution in [0.25, 0.3) is 10.9 Å². The average molecular weight is 394 g/mol. The van der Waals surface area contributed by atoms with Crippen molar-refractivity contribution in [3.63, 3.8) is 0 Å². The number of carbonyl (C=O) groups excluding carboxylic acids is 2. The lowest BCUT2D eigenvalue weighted by atomic mass is 9.69. The van der Waals surface area contributed by atoms with Crippen LogP contribution in [0.15, 0.2) is 12.1 Å². The summed E-state index contributed by atoms with van der Waals surface area (Å²) < 4.78 is 5.21. The molecule has 1 N–H and O–H groups in total. The van der Waals surface area contributed by atoms with Gasteiger partial charge in [-0.05, 0) is 61.9 Å². The molecule has 3 aliphatic rings. The molecule has 0 bridgehead atoms. The number of aromatic nitrogens is 1. The van der Waals surface area contributed by atoms with E-state index in [0.717, 1.165) is 22.2 Å². The molecule has 29 heavy (non-hydrogen) atoms. The Bertz CT molecular complexity index is 1080. The summed E-state index contributed by atoms with van der Waals surface area (Å²) in [5, 5.41) is 12.2. The number of aryl methyl sites for hydroxylation is 3. The highest BCUT2D eigenvalue weighted by molar-refractivity contribution is 5.90. The van der Waals surface area contributed by atoms with E-state index in [9.17, 15) is 14.7 Å². The van der Waals surface area contributed by atoms with E-state index in [2.05, 4.69) is 26.8 Å². The van der Waals surface area contributed by atoms with E-state index in [1.807, 2.05) is 11.0 Å². The van der Waals surface area contributed by atoms with Gasteiger partial charge in [0, 0.05) is 17.8 Å². The van der Waals surface area contributed by atoms with E-state index in [-0.39, 0.29) is 25.0 Å². The summed E-state index contributed by atoms with van der Waals surface area (Å²) in [7, 11) is 0. The zero-order valence-electron chi connectivity index (χ0n) is 17.3. The summed E-state index contributed by atoms with van der Waals surface area (Å²) in [6.45, 7) is 8.68. The number of carbonyl (C=O) groups is 2. The summed E-state index contributed by atoms with van der Waals surface area (Å²) >= 11 is 0. The molecule has 4 atom stereocenters. The number of hydrogen-bond acceptors (Lipinski definition) is 5. The molecule has 1 amide bonds. The van der Waals surface area contributed by atoms with E-state index >= 15 is 0 Å². The van der Waals surface area contributed by atoms with Gasteiger partial charge in [0.25, 0.3) is 0 Å². The fourth-order valence-electron chi connectivity index (χ4n) is 5.64. The monoisotopic (exact) mass is 394 g/mol. The standard InChI is InChI=1S/C23H26N2O4/c1-5-23(28)16-8-18-20-14(9-25(18)21(26)15(16)10-29-22(23)27)13(4)19-12(3)11(2)6-7-17(19)24-20/h6-7,15-16,18,28H,5,8-10H2,1-4H3/t15?,16?,18?,23-/m0/s1. The zero-order chi connectivity index (χ0) is 20.7. The third-order valence-electron chi connectivity index (χ3n) is 7.57. The van der Waals surface area contributed by atoms with E-state index in [0.29, 0.717) is 13.0 Å². The molecule has 1 aromatic heterocycles. The van der Waals surface area contributed by atoms with Crippen LogP contribution in [0.1, 0.15) is 53.8 Å². The molecule has 152 valence electrons. The van der Waals surface area contributed by atoms with Gasteiger partial charge in [0.05, 0.1) is 23.2 Å². The smallest absolute Gasteiger partial charge is 0.338 e. The Morgan fingerprint density at radius 3 is 2.72 bits per heavy atom. The van der Waals surface area contributed by atoms with Gasteiger partial charge in [-0.2, -0.15) is 0 Å². The molecule has 6 nitrogen and oxygen atoms in total. The summed E-state index contributed by atoms with van der Waals surface area (Å²) in [5.41, 5.74) is 4.98. The number of pyridine rings is 1. The van der Waals surface area contributed by atoms with Crippen molar-refractivity contribution in [1.82, 2.24) is 9.88 Å². The van der Waals surface area contributed by atoms with Crippen molar-refractivity contribution >= 4 is 22.8 Å². The number of rotatable bonds is 1. The Labute approximate surface area is 169 Å². The van der Waals surface area contributed by atoms with Crippen LogP contribution in [0.5, 0.6) is 0 Å². The van der Waals surface area contributed by atoms with Gasteiger partial charge in [-0.1, -0.05) is 13.0 Å². The fourth-order valence-corrected chi connectivity index (χ4v) is 5.64. The predicted octanol–water partition coefficient (Wildman–Crippen LogP) is 2.88. The molecule has 6 heteroatoms. The van der Waals surface area contributed by atoms with Crippen molar-refractivity contribution in [2.24, 2.45) is 11.8 Å². The first kappa shape index (κ1) is 18.6. The Hall–Kier alpha value is -2.47. The zero-order valence-corrected chi connectivity index (χ0v) is 17.3. The van der Waals surface area contributed by atoms with Gasteiger partial charge in [-0.3, -0.25) is 9.78 Å². The summed E-state index contributed by atoms with van der Waals surface area (Å²) in [6, 6.07) is 3.92. The summed E-state index contributed by atoms with van der Waals surface area (Å²) in [4.78, 5) is 32.5. The van der Waals surface area contributed by atoms with Gasteiger partial charge in [0.15, 0.2) is 5.60 Å². The molecule has 2 fully saturated rings. The SMILES string of the molecule is CC[C@@]1(O)C(=O)OCC2C(=O)N3Cc4c(nc5ccc(C)c(C)c5c4C)C3CC21. The van der Waals surface area contributed by atoms with Crippen molar-refractivity contribution in [3.05, 3.63) is 40.1 Å². The van der Waals surface area contributed by atoms with Crippen LogP contribution >= 0.6 is 0 Å². The minimum absolute atomic E-state index is 0.0417. The number of benzene rings is 1. The highest BCUT2D eigenvalue weighted by atomic mass is 16.6. The molecule has 3 aliphatic heterocycles. The maximum Gasteiger partial charge on any atom is 0.338 e. The molecular formula is C23H26N2O4. The first-order valence-corrected chi connectivity index (χ1v) is 10.4. The van der Waals surface area contributed by atoms with Crippen LogP contribution in [0.4, 0.5) is 0 Å². The minimum Gasteiger partial charge on any atom is -0.463 e. The number of piperidine rings is 1. The summed E-state index contributed by atoms with van der Waals surface area (Å²) in [5.74, 6) is -1.57. The van der Waals surface area contributed by atoms with E-state index < -0.39 is 23.4 Å². The predicted molar refractivity (Wildman–Crippen MR) is 107 cm³/mol. The van der Waals surface area contributed by atoms with Gasteiger partial charge in [0.1, 0.15) is 6.61 Å². The molecule has 5 rings (SSSR count). The Balaban J connectivity index is 1.65. The van der Waals surface area contributed by atoms with E-state index in [1.54, 1.807) is 6.92 Å². The van der Waals surface area contributed by atoms with Crippen molar-refractivity contribution in [2.75, 3.05) is 6.61 Å². The maximum atomic E-state index is 13.3. The third-order valence-corrected chi connectivity index (χ3v) is 7.57. The first-order valence-electron chi connectivity index (χ1n) is 10.4. The van der Waals surface area contributed by atoms with Crippen LogP contribution in [-0.2, 0) is 20.9 Å². The quantitative estimate of drug-likeness (QED) is 0.753. The second kappa shape index (κ2) is 6.02. The molecule has 2 saturated heterocycles. The number of amides is 1. The number of nitrogens with zero attached hydrogens (tertiary/aromatic N) is 2. The Morgan fingerprint density at radius 2 is 2.00 bits per heavy atom. The molecule has 4 heterocycles. The largest absolute Gasteiger partial charge is 0.463 e. The first-order chi connectivity index (χ1) is 13.8. The van der Waals surface area contributed by atoms with Crippen LogP contribution < -0.4 is 0 Å². The number of hydrogen-bond donors (Lipinski definition) is 1. The molecular weight excluding hydrogens is 368 g/mol. The highest BCUT2D eigenvalue weighted by Gasteiger charge is 2.59. The lowest BCUT2D eigenvalue weighted by Gasteiger charge is -2.48. The van der Waals surface area contributed by atoms with E-state index in [4.69, 9.17) is 9.72 Å². The molecule has 2 aromatic rings. The Kier molecular flexibility index (Phi) is 3.85. The maximum absolute atomic E-state index is 13.3. The van der Waals surface area contributed by atoms with Crippen molar-refractivity contribution in [1.29, 1.82) is 0 Å². The van der Waals surface area contributed by atoms with Gasteiger partial charge in [-0.15, -0.1) is 0 Å². The molecule has 3 unspecified atom stereocenters.